The van der Waals surface area contributed by atoms with Gasteiger partial charge in [-0.05, 0) is 47.5 Å². The topological polar surface area (TPSA) is 59.3 Å². The fraction of sp³-hybridized carbons (Fsp3) is 0.632. The Morgan fingerprint density at radius 1 is 1.08 bits per heavy atom. The minimum atomic E-state index is 0.261. The molecule has 0 aliphatic carbocycles. The molecular weight excluding hydrogens is 328 g/mol. The summed E-state index contributed by atoms with van der Waals surface area (Å²) in [5.74, 6) is 2.42. The van der Waals surface area contributed by atoms with E-state index < -0.39 is 0 Å². The number of methoxy groups -OCH3 is 1. The van der Waals surface area contributed by atoms with Crippen LogP contribution in [0.25, 0.3) is 0 Å². The van der Waals surface area contributed by atoms with Crippen LogP contribution in [0.2, 0.25) is 0 Å². The summed E-state index contributed by atoms with van der Waals surface area (Å²) in [6, 6.07) is 8.35. The van der Waals surface area contributed by atoms with Crippen molar-refractivity contribution >= 4 is 0 Å². The van der Waals surface area contributed by atoms with E-state index in [9.17, 15) is 0 Å². The van der Waals surface area contributed by atoms with Gasteiger partial charge in [0.05, 0.1) is 19.7 Å². The number of hydrogen-bond acceptors (Lipinski definition) is 6. The van der Waals surface area contributed by atoms with Crippen LogP contribution >= 0.6 is 0 Å². The van der Waals surface area contributed by atoms with E-state index in [0.29, 0.717) is 12.5 Å². The summed E-state index contributed by atoms with van der Waals surface area (Å²) in [5.41, 5.74) is 1.17. The van der Waals surface area contributed by atoms with Gasteiger partial charge in [0, 0.05) is 26.2 Å². The molecule has 142 valence electrons. The van der Waals surface area contributed by atoms with Gasteiger partial charge in [-0.25, -0.2) is 4.68 Å². The molecule has 1 saturated heterocycles. The van der Waals surface area contributed by atoms with Gasteiger partial charge in [-0.2, -0.15) is 0 Å². The van der Waals surface area contributed by atoms with Crippen LogP contribution in [0.5, 0.6) is 5.75 Å². The molecule has 0 radical (unpaired) electrons. The average Bonchev–Trinajstić information content (AvgIpc) is 3.09. The number of benzene rings is 1. The van der Waals surface area contributed by atoms with Crippen molar-refractivity contribution in [2.45, 2.75) is 32.9 Å². The molecule has 1 aliphatic heterocycles. The van der Waals surface area contributed by atoms with Crippen LogP contribution in [-0.2, 0) is 6.54 Å². The van der Waals surface area contributed by atoms with E-state index in [1.165, 1.54) is 5.56 Å². The number of rotatable bonds is 7. The first kappa shape index (κ1) is 18.8. The zero-order chi connectivity index (χ0) is 18.5. The normalized spacial score (nSPS) is 17.6. The lowest BCUT2D eigenvalue weighted by Crippen LogP contribution is -2.46. The second-order valence-electron chi connectivity index (χ2n) is 7.53. The van der Waals surface area contributed by atoms with E-state index in [2.05, 4.69) is 58.4 Å². The molecule has 26 heavy (non-hydrogen) atoms. The van der Waals surface area contributed by atoms with Gasteiger partial charge in [0.1, 0.15) is 5.75 Å². The zero-order valence-electron chi connectivity index (χ0n) is 16.3. The predicted molar refractivity (Wildman–Crippen MR) is 101 cm³/mol. The lowest BCUT2D eigenvalue weighted by molar-refractivity contribution is 0.0934. The summed E-state index contributed by atoms with van der Waals surface area (Å²) in [7, 11) is 3.86. The van der Waals surface area contributed by atoms with Crippen LogP contribution in [0.4, 0.5) is 0 Å². The van der Waals surface area contributed by atoms with Crippen molar-refractivity contribution in [3.8, 4) is 5.75 Å². The number of nitrogens with zero attached hydrogens (tertiary/aromatic N) is 6. The smallest absolute Gasteiger partial charge is 0.168 e. The Bertz CT molecular complexity index is 676. The summed E-state index contributed by atoms with van der Waals surface area (Å²) in [6.45, 7) is 9.51. The first-order valence-corrected chi connectivity index (χ1v) is 9.38. The number of hydrogen-bond donors (Lipinski definition) is 0. The molecule has 3 rings (SSSR count). The van der Waals surface area contributed by atoms with Crippen LogP contribution in [0, 0.1) is 5.92 Å². The fourth-order valence-electron chi connectivity index (χ4n) is 3.46. The Morgan fingerprint density at radius 3 is 2.38 bits per heavy atom. The molecule has 1 aromatic heterocycles. The molecule has 2 aromatic rings. The highest BCUT2D eigenvalue weighted by Gasteiger charge is 2.29. The first-order chi connectivity index (χ1) is 12.6. The van der Waals surface area contributed by atoms with E-state index in [-0.39, 0.29) is 6.04 Å². The third-order valence-electron chi connectivity index (χ3n) is 5.02. The summed E-state index contributed by atoms with van der Waals surface area (Å²) in [5, 5.41) is 12.7. The second-order valence-corrected chi connectivity index (χ2v) is 7.53. The quantitative estimate of drug-likeness (QED) is 0.755. The van der Waals surface area contributed by atoms with E-state index >= 15 is 0 Å². The second kappa shape index (κ2) is 8.60. The van der Waals surface area contributed by atoms with E-state index in [0.717, 1.165) is 44.2 Å². The molecule has 7 nitrogen and oxygen atoms in total. The van der Waals surface area contributed by atoms with Crippen molar-refractivity contribution in [2.75, 3.05) is 40.3 Å². The molecule has 0 N–H and O–H groups in total. The highest BCUT2D eigenvalue weighted by Crippen LogP contribution is 2.27. The van der Waals surface area contributed by atoms with Crippen molar-refractivity contribution < 1.29 is 4.74 Å². The van der Waals surface area contributed by atoms with Gasteiger partial charge in [0.25, 0.3) is 0 Å². The minimum absolute atomic E-state index is 0.261. The zero-order valence-corrected chi connectivity index (χ0v) is 16.3. The largest absolute Gasteiger partial charge is 0.497 e. The SMILES string of the molecule is COc1ccc(Cn2nnnc2C(CC(C)C)N2CCN(C)CC2)cc1. The molecule has 0 amide bonds. The highest BCUT2D eigenvalue weighted by molar-refractivity contribution is 5.27. The summed E-state index contributed by atoms with van der Waals surface area (Å²) in [4.78, 5) is 4.92. The van der Waals surface area contributed by atoms with E-state index in [1.807, 2.05) is 16.8 Å². The molecule has 1 unspecified atom stereocenters. The molecule has 7 heteroatoms. The molecule has 2 heterocycles. The van der Waals surface area contributed by atoms with E-state index in [1.54, 1.807) is 7.11 Å². The minimum Gasteiger partial charge on any atom is -0.497 e. The summed E-state index contributed by atoms with van der Waals surface area (Å²) in [6.07, 6.45) is 1.06. The first-order valence-electron chi connectivity index (χ1n) is 9.38. The molecule has 1 fully saturated rings. The maximum Gasteiger partial charge on any atom is 0.168 e. The van der Waals surface area contributed by atoms with Crippen molar-refractivity contribution in [1.29, 1.82) is 0 Å². The Morgan fingerprint density at radius 2 is 1.77 bits per heavy atom. The van der Waals surface area contributed by atoms with Crippen LogP contribution in [0.3, 0.4) is 0 Å². The fourth-order valence-corrected chi connectivity index (χ4v) is 3.46. The standard InChI is InChI=1S/C19H30N6O/c1-15(2)13-18(24-11-9-23(3)10-12-24)19-20-21-22-25(19)14-16-5-7-17(26-4)8-6-16/h5-8,15,18H,9-14H2,1-4H3. The summed E-state index contributed by atoms with van der Waals surface area (Å²) >= 11 is 0. The van der Waals surface area contributed by atoms with Gasteiger partial charge < -0.3 is 9.64 Å². The van der Waals surface area contributed by atoms with Crippen molar-refractivity contribution in [1.82, 2.24) is 30.0 Å². The predicted octanol–water partition coefficient (Wildman–Crippen LogP) is 2.06. The van der Waals surface area contributed by atoms with Gasteiger partial charge in [-0.1, -0.05) is 26.0 Å². The van der Waals surface area contributed by atoms with Crippen LogP contribution in [0.1, 0.15) is 37.7 Å². The molecule has 0 spiro atoms. The Kier molecular flexibility index (Phi) is 6.21. The van der Waals surface area contributed by atoms with Crippen LogP contribution in [0.15, 0.2) is 24.3 Å². The molecule has 0 bridgehead atoms. The third kappa shape index (κ3) is 4.59. The monoisotopic (exact) mass is 358 g/mol. The highest BCUT2D eigenvalue weighted by atomic mass is 16.5. The number of likely N-dealkylation sites (N-methyl/N-ethyl adjacent to an activating group) is 1. The lowest BCUT2D eigenvalue weighted by atomic mass is 10.0. The van der Waals surface area contributed by atoms with Gasteiger partial charge in [0.15, 0.2) is 5.82 Å². The number of tetrazole rings is 1. The third-order valence-corrected chi connectivity index (χ3v) is 5.02. The van der Waals surface area contributed by atoms with E-state index in [4.69, 9.17) is 4.74 Å². The van der Waals surface area contributed by atoms with Crippen molar-refractivity contribution in [3.05, 3.63) is 35.7 Å². The van der Waals surface area contributed by atoms with Crippen molar-refractivity contribution in [2.24, 2.45) is 5.92 Å². The lowest BCUT2D eigenvalue weighted by Gasteiger charge is -2.38. The molecule has 0 saturated carbocycles. The number of piperazine rings is 1. The number of aromatic nitrogens is 4. The number of ether oxygens (including phenoxy) is 1. The Balaban J connectivity index is 1.79. The van der Waals surface area contributed by atoms with Crippen LogP contribution < -0.4 is 4.74 Å². The van der Waals surface area contributed by atoms with Crippen LogP contribution in [-0.4, -0.2) is 70.3 Å². The van der Waals surface area contributed by atoms with Crippen molar-refractivity contribution in [3.63, 3.8) is 0 Å². The molecule has 1 atom stereocenters. The maximum atomic E-state index is 5.24. The summed E-state index contributed by atoms with van der Waals surface area (Å²) < 4.78 is 7.19. The molecular formula is C19H30N6O. The molecule has 1 aromatic carbocycles. The van der Waals surface area contributed by atoms with Gasteiger partial charge in [-0.3, -0.25) is 4.90 Å². The Labute approximate surface area is 155 Å². The molecule has 1 aliphatic rings. The average molecular weight is 358 g/mol. The van der Waals surface area contributed by atoms with Gasteiger partial charge in [-0.15, -0.1) is 5.10 Å². The Hall–Kier alpha value is -1.99. The van der Waals surface area contributed by atoms with Gasteiger partial charge >= 0.3 is 0 Å². The maximum absolute atomic E-state index is 5.24. The van der Waals surface area contributed by atoms with Gasteiger partial charge in [0.2, 0.25) is 0 Å².